The molecule has 1 aromatic rings. The van der Waals surface area contributed by atoms with Crippen molar-refractivity contribution in [2.75, 3.05) is 13.6 Å². The first-order chi connectivity index (χ1) is 7.68. The van der Waals surface area contributed by atoms with Gasteiger partial charge in [-0.15, -0.1) is 0 Å². The maximum absolute atomic E-state index is 6.25. The highest BCUT2D eigenvalue weighted by atomic mass is 79.9. The minimum atomic E-state index is 0.196. The first-order valence-corrected chi connectivity index (χ1v) is 6.55. The molecule has 2 N–H and O–H groups in total. The Kier molecular flexibility index (Phi) is 3.95. The van der Waals surface area contributed by atoms with E-state index in [-0.39, 0.29) is 12.1 Å². The maximum atomic E-state index is 6.25. The topological polar surface area (TPSA) is 42.1 Å². The lowest BCUT2D eigenvalue weighted by atomic mass is 10.0. The lowest BCUT2D eigenvalue weighted by molar-refractivity contribution is 0.225. The lowest BCUT2D eigenvalue weighted by Gasteiger charge is -2.29. The number of likely N-dealkylation sites (N-methyl/N-ethyl adjacent to an activating group) is 1. The van der Waals surface area contributed by atoms with Gasteiger partial charge in [0.2, 0.25) is 0 Å². The van der Waals surface area contributed by atoms with E-state index in [1.807, 2.05) is 12.3 Å². The van der Waals surface area contributed by atoms with Crippen LogP contribution in [0.4, 0.5) is 0 Å². The third-order valence-electron chi connectivity index (χ3n) is 3.23. The third kappa shape index (κ3) is 2.62. The van der Waals surface area contributed by atoms with Gasteiger partial charge in [0, 0.05) is 16.7 Å². The maximum Gasteiger partial charge on any atom is 0.0671 e. The van der Waals surface area contributed by atoms with Crippen molar-refractivity contribution in [1.29, 1.82) is 0 Å². The van der Waals surface area contributed by atoms with Gasteiger partial charge in [-0.25, -0.2) is 0 Å². The van der Waals surface area contributed by atoms with E-state index in [0.29, 0.717) is 0 Å². The zero-order valence-electron chi connectivity index (χ0n) is 9.56. The van der Waals surface area contributed by atoms with Gasteiger partial charge < -0.3 is 5.73 Å². The van der Waals surface area contributed by atoms with Crippen LogP contribution in [0.1, 0.15) is 31.0 Å². The second-order valence-electron chi connectivity index (χ2n) is 4.49. The molecule has 0 radical (unpaired) electrons. The molecule has 2 heterocycles. The molecule has 0 aromatic carbocycles. The molecule has 1 aliphatic heterocycles. The highest BCUT2D eigenvalue weighted by Gasteiger charge is 2.27. The van der Waals surface area contributed by atoms with Crippen molar-refractivity contribution >= 4 is 15.9 Å². The number of nitrogens with zero attached hydrogens (tertiary/aromatic N) is 2. The van der Waals surface area contributed by atoms with Gasteiger partial charge in [0.25, 0.3) is 0 Å². The summed E-state index contributed by atoms with van der Waals surface area (Å²) < 4.78 is 1.01. The van der Waals surface area contributed by atoms with Gasteiger partial charge in [0.15, 0.2) is 0 Å². The number of pyridine rings is 1. The van der Waals surface area contributed by atoms with Gasteiger partial charge in [-0.05, 0) is 54.5 Å². The van der Waals surface area contributed by atoms with E-state index >= 15 is 0 Å². The number of nitrogens with two attached hydrogens (primary N) is 1. The summed E-state index contributed by atoms with van der Waals surface area (Å²) in [5, 5.41) is 0. The Morgan fingerprint density at radius 1 is 1.44 bits per heavy atom. The van der Waals surface area contributed by atoms with Crippen molar-refractivity contribution < 1.29 is 0 Å². The summed E-state index contributed by atoms with van der Waals surface area (Å²) in [7, 11) is 2.14. The Labute approximate surface area is 105 Å². The number of likely N-dealkylation sites (tertiary alicyclic amines) is 1. The number of hydrogen-bond donors (Lipinski definition) is 1. The Morgan fingerprint density at radius 3 is 2.94 bits per heavy atom. The van der Waals surface area contributed by atoms with E-state index in [1.165, 1.54) is 12.8 Å². The molecule has 0 amide bonds. The van der Waals surface area contributed by atoms with Gasteiger partial charge in [-0.2, -0.15) is 0 Å². The zero-order valence-corrected chi connectivity index (χ0v) is 11.2. The van der Waals surface area contributed by atoms with E-state index in [1.54, 1.807) is 0 Å². The average Bonchev–Trinajstić information content (AvgIpc) is 2.42. The van der Waals surface area contributed by atoms with Crippen LogP contribution in [-0.4, -0.2) is 29.5 Å². The molecule has 1 aromatic heterocycles. The molecule has 1 saturated heterocycles. The van der Waals surface area contributed by atoms with Gasteiger partial charge in [-0.1, -0.05) is 6.42 Å². The van der Waals surface area contributed by atoms with E-state index in [2.05, 4.69) is 38.9 Å². The van der Waals surface area contributed by atoms with Crippen LogP contribution < -0.4 is 5.73 Å². The summed E-state index contributed by atoms with van der Waals surface area (Å²) in [6.07, 6.45) is 5.39. The summed E-state index contributed by atoms with van der Waals surface area (Å²) in [4.78, 5) is 6.80. The number of aromatic nitrogens is 1. The molecule has 0 bridgehead atoms. The van der Waals surface area contributed by atoms with Crippen molar-refractivity contribution in [3.8, 4) is 0 Å². The molecule has 2 rings (SSSR count). The van der Waals surface area contributed by atoms with Crippen molar-refractivity contribution in [1.82, 2.24) is 9.88 Å². The van der Waals surface area contributed by atoms with Crippen LogP contribution in [0.5, 0.6) is 0 Å². The minimum absolute atomic E-state index is 0.196. The van der Waals surface area contributed by atoms with Crippen LogP contribution in [-0.2, 0) is 0 Å². The lowest BCUT2D eigenvalue weighted by Crippen LogP contribution is -2.38. The largest absolute Gasteiger partial charge is 0.326 e. The second-order valence-corrected chi connectivity index (χ2v) is 5.40. The van der Waals surface area contributed by atoms with Crippen LogP contribution in [0, 0.1) is 0 Å². The quantitative estimate of drug-likeness (QED) is 0.860. The van der Waals surface area contributed by atoms with Gasteiger partial charge in [0.1, 0.15) is 0 Å². The molecule has 1 fully saturated rings. The number of rotatable bonds is 1. The van der Waals surface area contributed by atoms with Crippen LogP contribution in [0.3, 0.4) is 0 Å². The molecule has 1 aliphatic rings. The van der Waals surface area contributed by atoms with E-state index < -0.39 is 0 Å². The first-order valence-electron chi connectivity index (χ1n) is 5.76. The van der Waals surface area contributed by atoms with Crippen LogP contribution in [0.15, 0.2) is 22.8 Å². The molecule has 88 valence electrons. The average molecular weight is 284 g/mol. The normalized spacial score (nSPS) is 27.7. The summed E-state index contributed by atoms with van der Waals surface area (Å²) in [5.74, 6) is 0. The Bertz CT molecular complexity index is 327. The SMILES string of the molecule is CN1CCCCC(N)C1c1ccc(Br)cn1. The number of halogens is 1. The predicted molar refractivity (Wildman–Crippen MR) is 69.1 cm³/mol. The fourth-order valence-corrected chi connectivity index (χ4v) is 2.61. The Hall–Kier alpha value is -0.450. The van der Waals surface area contributed by atoms with Gasteiger partial charge in [0.05, 0.1) is 11.7 Å². The smallest absolute Gasteiger partial charge is 0.0671 e. The van der Waals surface area contributed by atoms with Crippen LogP contribution in [0.25, 0.3) is 0 Å². The van der Waals surface area contributed by atoms with Crippen molar-refractivity contribution in [2.45, 2.75) is 31.3 Å². The van der Waals surface area contributed by atoms with Crippen molar-refractivity contribution in [3.63, 3.8) is 0 Å². The molecular weight excluding hydrogens is 266 g/mol. The molecule has 0 saturated carbocycles. The monoisotopic (exact) mass is 283 g/mol. The summed E-state index contributed by atoms with van der Waals surface area (Å²) in [6.45, 7) is 1.11. The fraction of sp³-hybridized carbons (Fsp3) is 0.583. The van der Waals surface area contributed by atoms with Gasteiger partial charge in [-0.3, -0.25) is 9.88 Å². The summed E-state index contributed by atoms with van der Waals surface area (Å²) in [5.41, 5.74) is 7.33. The molecule has 4 heteroatoms. The fourth-order valence-electron chi connectivity index (χ4n) is 2.37. The molecule has 0 spiro atoms. The Balaban J connectivity index is 2.24. The second kappa shape index (κ2) is 5.25. The third-order valence-corrected chi connectivity index (χ3v) is 3.70. The predicted octanol–water partition coefficient (Wildman–Crippen LogP) is 2.33. The molecule has 2 atom stereocenters. The van der Waals surface area contributed by atoms with Crippen molar-refractivity contribution in [2.24, 2.45) is 5.73 Å². The summed E-state index contributed by atoms with van der Waals surface area (Å²) in [6, 6.07) is 4.56. The molecular formula is C12H18BrN3. The molecule has 2 unspecified atom stereocenters. The van der Waals surface area contributed by atoms with E-state index in [9.17, 15) is 0 Å². The first kappa shape index (κ1) is 12.0. The van der Waals surface area contributed by atoms with Gasteiger partial charge >= 0.3 is 0 Å². The van der Waals surface area contributed by atoms with E-state index in [4.69, 9.17) is 5.73 Å². The molecule has 16 heavy (non-hydrogen) atoms. The minimum Gasteiger partial charge on any atom is -0.326 e. The number of hydrogen-bond acceptors (Lipinski definition) is 3. The van der Waals surface area contributed by atoms with Crippen LogP contribution >= 0.6 is 15.9 Å². The van der Waals surface area contributed by atoms with E-state index in [0.717, 1.165) is 23.1 Å². The summed E-state index contributed by atoms with van der Waals surface area (Å²) >= 11 is 3.41. The van der Waals surface area contributed by atoms with Crippen LogP contribution in [0.2, 0.25) is 0 Å². The van der Waals surface area contributed by atoms with Crippen molar-refractivity contribution in [3.05, 3.63) is 28.5 Å². The Morgan fingerprint density at radius 2 is 2.25 bits per heavy atom. The zero-order chi connectivity index (χ0) is 11.5. The standard InChI is InChI=1S/C12H18BrN3/c1-16-7-3-2-4-10(14)12(16)11-6-5-9(13)8-15-11/h5-6,8,10,12H,2-4,7,14H2,1H3. The molecule has 0 aliphatic carbocycles. The highest BCUT2D eigenvalue weighted by Crippen LogP contribution is 2.27. The highest BCUT2D eigenvalue weighted by molar-refractivity contribution is 9.10. The molecule has 3 nitrogen and oxygen atoms in total.